The number of para-hydroxylation sites is 1. The van der Waals surface area contributed by atoms with Crippen molar-refractivity contribution in [2.24, 2.45) is 0 Å². The van der Waals surface area contributed by atoms with Gasteiger partial charge in [-0.3, -0.25) is 10.1 Å². The van der Waals surface area contributed by atoms with E-state index in [2.05, 4.69) is 10.6 Å². The van der Waals surface area contributed by atoms with Gasteiger partial charge >= 0.3 is 6.09 Å². The van der Waals surface area contributed by atoms with Crippen molar-refractivity contribution in [2.75, 3.05) is 11.6 Å². The molecule has 142 valence electrons. The molecule has 0 heterocycles. The molecule has 2 N–H and O–H groups in total. The first-order valence-corrected chi connectivity index (χ1v) is 10.3. The van der Waals surface area contributed by atoms with E-state index in [1.165, 1.54) is 0 Å². The summed E-state index contributed by atoms with van der Waals surface area (Å²) in [5.41, 5.74) is 1.40. The van der Waals surface area contributed by atoms with Crippen molar-refractivity contribution >= 4 is 29.4 Å². The number of amides is 2. The summed E-state index contributed by atoms with van der Waals surface area (Å²) in [7, 11) is 0. The smallest absolute Gasteiger partial charge is 0.411 e. The zero-order valence-electron chi connectivity index (χ0n) is 15.3. The molecule has 2 aromatic rings. The Labute approximate surface area is 163 Å². The first-order chi connectivity index (χ1) is 13.2. The van der Waals surface area contributed by atoms with Gasteiger partial charge in [-0.1, -0.05) is 30.3 Å². The fourth-order valence-corrected chi connectivity index (χ4v) is 3.89. The van der Waals surface area contributed by atoms with Crippen molar-refractivity contribution in [1.82, 2.24) is 5.32 Å². The molecule has 0 aromatic heterocycles. The molecule has 2 atom stereocenters. The number of benzene rings is 2. The van der Waals surface area contributed by atoms with Crippen molar-refractivity contribution < 1.29 is 14.3 Å². The van der Waals surface area contributed by atoms with Gasteiger partial charge in [0.25, 0.3) is 5.91 Å². The highest BCUT2D eigenvalue weighted by Gasteiger charge is 2.26. The molecular formula is C21H24N2O3S. The molecule has 0 unspecified atom stereocenters. The lowest BCUT2D eigenvalue weighted by molar-refractivity contribution is 0.0711. The maximum Gasteiger partial charge on any atom is 0.411 e. The summed E-state index contributed by atoms with van der Waals surface area (Å²) < 4.78 is 5.55. The highest BCUT2D eigenvalue weighted by Crippen LogP contribution is 2.24. The molecule has 27 heavy (non-hydrogen) atoms. The van der Waals surface area contributed by atoms with E-state index in [0.717, 1.165) is 24.2 Å². The van der Waals surface area contributed by atoms with Crippen LogP contribution in [0.25, 0.3) is 0 Å². The molecule has 1 fully saturated rings. The third-order valence-corrected chi connectivity index (χ3v) is 5.40. The van der Waals surface area contributed by atoms with E-state index >= 15 is 0 Å². The molecule has 1 aliphatic carbocycles. The average Bonchev–Trinajstić information content (AvgIpc) is 2.69. The van der Waals surface area contributed by atoms with Gasteiger partial charge in [0.2, 0.25) is 0 Å². The highest BCUT2D eigenvalue weighted by molar-refractivity contribution is 7.98. The summed E-state index contributed by atoms with van der Waals surface area (Å²) in [6.45, 7) is 0. The third kappa shape index (κ3) is 5.50. The Kier molecular flexibility index (Phi) is 6.76. The number of anilines is 1. The largest absolute Gasteiger partial charge is 0.446 e. The molecule has 3 rings (SSSR count). The lowest BCUT2D eigenvalue weighted by Gasteiger charge is -2.29. The van der Waals surface area contributed by atoms with E-state index in [4.69, 9.17) is 4.74 Å². The van der Waals surface area contributed by atoms with Gasteiger partial charge in [0.1, 0.15) is 6.10 Å². The Morgan fingerprint density at radius 3 is 2.56 bits per heavy atom. The lowest BCUT2D eigenvalue weighted by atomic mass is 9.92. The van der Waals surface area contributed by atoms with Gasteiger partial charge in [0.05, 0.1) is 5.56 Å². The number of hydrogen-bond acceptors (Lipinski definition) is 4. The van der Waals surface area contributed by atoms with Crippen LogP contribution in [0.3, 0.4) is 0 Å². The molecule has 0 bridgehead atoms. The van der Waals surface area contributed by atoms with Gasteiger partial charge in [-0.05, 0) is 49.8 Å². The summed E-state index contributed by atoms with van der Waals surface area (Å²) in [6.07, 6.45) is 4.58. The number of hydrogen-bond donors (Lipinski definition) is 2. The van der Waals surface area contributed by atoms with Crippen molar-refractivity contribution in [3.63, 3.8) is 0 Å². The van der Waals surface area contributed by atoms with Crippen LogP contribution >= 0.6 is 11.8 Å². The third-order valence-electron chi connectivity index (χ3n) is 4.61. The molecular weight excluding hydrogens is 360 g/mol. The van der Waals surface area contributed by atoms with Crippen LogP contribution in [-0.4, -0.2) is 30.4 Å². The Hall–Kier alpha value is -2.47. The Bertz CT molecular complexity index is 782. The van der Waals surface area contributed by atoms with Crippen LogP contribution in [0, 0.1) is 0 Å². The molecule has 1 aliphatic rings. The molecule has 6 heteroatoms. The second-order valence-electron chi connectivity index (χ2n) is 6.56. The predicted octanol–water partition coefficient (Wildman–Crippen LogP) is 4.70. The van der Waals surface area contributed by atoms with E-state index < -0.39 is 6.09 Å². The molecule has 2 amide bonds. The minimum Gasteiger partial charge on any atom is -0.446 e. The average molecular weight is 385 g/mol. The van der Waals surface area contributed by atoms with E-state index in [1.54, 1.807) is 11.8 Å². The normalized spacial score (nSPS) is 19.1. The van der Waals surface area contributed by atoms with Gasteiger partial charge in [-0.15, -0.1) is 11.8 Å². The number of thioether (sulfide) groups is 1. The summed E-state index contributed by atoms with van der Waals surface area (Å²) in [6, 6.07) is 16.8. The SMILES string of the molecule is CSc1ccccc1C(=O)N[C@@H]1CCC[C@H](OC(=O)Nc2ccccc2)C1. The van der Waals surface area contributed by atoms with Crippen LogP contribution in [0.5, 0.6) is 0 Å². The molecule has 2 aromatic carbocycles. The second kappa shape index (κ2) is 9.46. The van der Waals surface area contributed by atoms with E-state index in [0.29, 0.717) is 17.7 Å². The van der Waals surface area contributed by atoms with E-state index in [9.17, 15) is 9.59 Å². The molecule has 1 saturated carbocycles. The zero-order chi connectivity index (χ0) is 19.1. The van der Waals surface area contributed by atoms with E-state index in [1.807, 2.05) is 60.9 Å². The lowest BCUT2D eigenvalue weighted by Crippen LogP contribution is -2.41. The fourth-order valence-electron chi connectivity index (χ4n) is 3.30. The van der Waals surface area contributed by atoms with Crippen molar-refractivity contribution in [2.45, 2.75) is 42.7 Å². The van der Waals surface area contributed by atoms with Gasteiger partial charge in [0.15, 0.2) is 0 Å². The molecule has 0 spiro atoms. The van der Waals surface area contributed by atoms with Crippen LogP contribution in [0.15, 0.2) is 59.5 Å². The van der Waals surface area contributed by atoms with Crippen LogP contribution in [0.4, 0.5) is 10.5 Å². The number of ether oxygens (including phenoxy) is 1. The molecule has 0 aliphatic heterocycles. The molecule has 0 saturated heterocycles. The minimum atomic E-state index is -0.453. The van der Waals surface area contributed by atoms with E-state index in [-0.39, 0.29) is 18.1 Å². The first-order valence-electron chi connectivity index (χ1n) is 9.12. The summed E-state index contributed by atoms with van der Waals surface area (Å²) in [4.78, 5) is 25.7. The van der Waals surface area contributed by atoms with Gasteiger partial charge < -0.3 is 10.1 Å². The monoisotopic (exact) mass is 384 g/mol. The second-order valence-corrected chi connectivity index (χ2v) is 7.40. The Balaban J connectivity index is 1.53. The minimum absolute atomic E-state index is 0.00990. The van der Waals surface area contributed by atoms with Crippen molar-refractivity contribution in [3.05, 3.63) is 60.2 Å². The maximum absolute atomic E-state index is 12.6. The first kappa shape index (κ1) is 19.3. The summed E-state index contributed by atoms with van der Waals surface area (Å²) in [5, 5.41) is 5.83. The Morgan fingerprint density at radius 2 is 1.78 bits per heavy atom. The van der Waals surface area contributed by atoms with Crippen LogP contribution in [0.2, 0.25) is 0 Å². The fraction of sp³-hybridized carbons (Fsp3) is 0.333. The number of nitrogens with one attached hydrogen (secondary N) is 2. The van der Waals surface area contributed by atoms with Crippen molar-refractivity contribution in [3.8, 4) is 0 Å². The number of carbonyl (C=O) groups is 2. The summed E-state index contributed by atoms with van der Waals surface area (Å²) >= 11 is 1.56. The Morgan fingerprint density at radius 1 is 1.04 bits per heavy atom. The number of rotatable bonds is 5. The highest BCUT2D eigenvalue weighted by atomic mass is 32.2. The molecule has 0 radical (unpaired) electrons. The van der Waals surface area contributed by atoms with Gasteiger partial charge in [-0.25, -0.2) is 4.79 Å². The van der Waals surface area contributed by atoms with Gasteiger partial charge in [-0.2, -0.15) is 0 Å². The van der Waals surface area contributed by atoms with Crippen LogP contribution in [-0.2, 0) is 4.74 Å². The van der Waals surface area contributed by atoms with Crippen molar-refractivity contribution in [1.29, 1.82) is 0 Å². The quantitative estimate of drug-likeness (QED) is 0.734. The van der Waals surface area contributed by atoms with Crippen LogP contribution in [0.1, 0.15) is 36.0 Å². The zero-order valence-corrected chi connectivity index (χ0v) is 16.1. The molecule has 5 nitrogen and oxygen atoms in total. The topological polar surface area (TPSA) is 67.4 Å². The number of carbonyl (C=O) groups excluding carboxylic acids is 2. The van der Waals surface area contributed by atoms with Gasteiger partial charge in [0, 0.05) is 23.0 Å². The summed E-state index contributed by atoms with van der Waals surface area (Å²) in [5.74, 6) is -0.0701. The predicted molar refractivity (Wildman–Crippen MR) is 108 cm³/mol. The standard InChI is InChI=1S/C21H24N2O3S/c1-27-19-13-6-5-12-18(19)20(24)22-16-10-7-11-17(14-16)26-21(25)23-15-8-3-2-4-9-15/h2-6,8-9,12-13,16-17H,7,10-11,14H2,1H3,(H,22,24)(H,23,25)/t16-,17+/m1/s1. The maximum atomic E-state index is 12.6. The van der Waals surface area contributed by atoms with Crippen LogP contribution < -0.4 is 10.6 Å².